The number of rotatable bonds is 8. The maximum Gasteiger partial charge on any atom is 0.356 e. The molecule has 0 amide bonds. The summed E-state index contributed by atoms with van der Waals surface area (Å²) in [5.74, 6) is 2.04. The summed E-state index contributed by atoms with van der Waals surface area (Å²) < 4.78 is 9.75. The second-order valence-electron chi connectivity index (χ2n) is 3.13. The van der Waals surface area contributed by atoms with Crippen molar-refractivity contribution in [2.75, 3.05) is 30.5 Å². The van der Waals surface area contributed by atoms with Crippen molar-refractivity contribution in [1.29, 1.82) is 0 Å². The van der Waals surface area contributed by atoms with Crippen LogP contribution < -0.4 is 0 Å². The lowest BCUT2D eigenvalue weighted by molar-refractivity contribution is -0.150. The molecule has 0 aliphatic rings. The molecule has 0 bridgehead atoms. The average molecular weight is 249 g/mol. The van der Waals surface area contributed by atoms with Crippen LogP contribution in [0.4, 0.5) is 0 Å². The molecule has 0 aliphatic carbocycles. The molecule has 4 nitrogen and oxygen atoms in total. The van der Waals surface area contributed by atoms with Gasteiger partial charge in [0.1, 0.15) is 24.7 Å². The van der Waals surface area contributed by atoms with Gasteiger partial charge >= 0.3 is 11.9 Å². The van der Waals surface area contributed by atoms with Gasteiger partial charge in [0.2, 0.25) is 5.75 Å². The Labute approximate surface area is 100 Å². The predicted molar refractivity (Wildman–Crippen MR) is 65.5 cm³/mol. The van der Waals surface area contributed by atoms with Crippen LogP contribution in [0.2, 0.25) is 0 Å². The molecule has 16 heavy (non-hydrogen) atoms. The highest BCUT2D eigenvalue weighted by molar-refractivity contribution is 7.97. The van der Waals surface area contributed by atoms with Crippen LogP contribution in [0.1, 0.15) is 27.2 Å². The van der Waals surface area contributed by atoms with E-state index in [0.29, 0.717) is 12.2 Å². The topological polar surface area (TPSA) is 52.6 Å². The minimum atomic E-state index is -0.266. The van der Waals surface area contributed by atoms with E-state index in [2.05, 4.69) is 13.8 Å². The van der Waals surface area contributed by atoms with E-state index in [9.17, 15) is 9.59 Å². The fourth-order valence-corrected chi connectivity index (χ4v) is 2.26. The Kier molecular flexibility index (Phi) is 9.09. The van der Waals surface area contributed by atoms with Gasteiger partial charge in [0, 0.05) is 6.42 Å². The van der Waals surface area contributed by atoms with Gasteiger partial charge in [-0.05, 0) is 24.7 Å². The highest BCUT2D eigenvalue weighted by Gasteiger charge is 2.19. The van der Waals surface area contributed by atoms with Gasteiger partial charge in [-0.2, -0.15) is 0 Å². The Balaban J connectivity index is 3.54. The first kappa shape index (κ1) is 15.3. The summed E-state index contributed by atoms with van der Waals surface area (Å²) in [4.78, 5) is 22.1. The number of carbonyl (C=O) groups excluding carboxylic acids is 2. The molecule has 0 unspecified atom stereocenters. The van der Waals surface area contributed by atoms with Crippen LogP contribution in [-0.4, -0.2) is 42.4 Å². The Morgan fingerprint density at radius 1 is 0.938 bits per heavy atom. The molecule has 0 atom stereocenters. The van der Waals surface area contributed by atoms with E-state index in [1.54, 1.807) is 6.92 Å². The molecular formula is C11H21O4S+. The summed E-state index contributed by atoms with van der Waals surface area (Å²) >= 11 is 0. The standard InChI is InChI=1S/C11H21O4S/c1-4-10(12)14-7-8-15-11(13)9-16(5-2)6-3/h4-9H2,1-3H3/q+1. The van der Waals surface area contributed by atoms with Crippen LogP contribution in [0, 0.1) is 0 Å². The quantitative estimate of drug-likeness (QED) is 0.368. The van der Waals surface area contributed by atoms with Crippen molar-refractivity contribution in [2.45, 2.75) is 27.2 Å². The normalized spacial score (nSPS) is 10.2. The summed E-state index contributed by atoms with van der Waals surface area (Å²) in [5, 5.41) is 0. The predicted octanol–water partition coefficient (Wildman–Crippen LogP) is 1.14. The Morgan fingerprint density at radius 2 is 1.44 bits per heavy atom. The number of hydrogen-bond acceptors (Lipinski definition) is 4. The molecule has 0 aromatic heterocycles. The van der Waals surface area contributed by atoms with Crippen LogP contribution in [-0.2, 0) is 30.0 Å². The number of hydrogen-bond donors (Lipinski definition) is 0. The van der Waals surface area contributed by atoms with Gasteiger partial charge < -0.3 is 9.47 Å². The van der Waals surface area contributed by atoms with Crippen LogP contribution in [0.3, 0.4) is 0 Å². The van der Waals surface area contributed by atoms with Gasteiger partial charge in [0.25, 0.3) is 0 Å². The Morgan fingerprint density at radius 3 is 1.88 bits per heavy atom. The van der Waals surface area contributed by atoms with E-state index < -0.39 is 0 Å². The largest absolute Gasteiger partial charge is 0.462 e. The van der Waals surface area contributed by atoms with Gasteiger partial charge in [-0.1, -0.05) is 6.92 Å². The summed E-state index contributed by atoms with van der Waals surface area (Å²) in [5.41, 5.74) is 0. The molecule has 0 spiro atoms. The number of ether oxygens (including phenoxy) is 2. The van der Waals surface area contributed by atoms with E-state index >= 15 is 0 Å². The third-order valence-corrected chi connectivity index (χ3v) is 4.31. The molecule has 0 fully saturated rings. The molecule has 0 aliphatic heterocycles. The minimum Gasteiger partial charge on any atom is -0.462 e. The van der Waals surface area contributed by atoms with E-state index in [0.717, 1.165) is 11.5 Å². The highest BCUT2D eigenvalue weighted by Crippen LogP contribution is 1.97. The lowest BCUT2D eigenvalue weighted by Gasteiger charge is -2.06. The van der Waals surface area contributed by atoms with Gasteiger partial charge in [-0.3, -0.25) is 4.79 Å². The van der Waals surface area contributed by atoms with E-state index in [1.165, 1.54) is 0 Å². The number of carbonyl (C=O) groups is 2. The van der Waals surface area contributed by atoms with Crippen molar-refractivity contribution in [2.24, 2.45) is 0 Å². The second-order valence-corrected chi connectivity index (χ2v) is 5.80. The van der Waals surface area contributed by atoms with Crippen LogP contribution >= 0.6 is 0 Å². The van der Waals surface area contributed by atoms with Gasteiger partial charge in [0.05, 0.1) is 0 Å². The van der Waals surface area contributed by atoms with E-state index in [-0.39, 0.29) is 36.0 Å². The van der Waals surface area contributed by atoms with Crippen LogP contribution in [0.5, 0.6) is 0 Å². The molecule has 5 heteroatoms. The smallest absolute Gasteiger partial charge is 0.356 e. The maximum atomic E-state index is 11.3. The van der Waals surface area contributed by atoms with E-state index in [1.807, 2.05) is 0 Å². The Bertz CT molecular complexity index is 214. The average Bonchev–Trinajstić information content (AvgIpc) is 2.31. The van der Waals surface area contributed by atoms with Crippen molar-refractivity contribution in [3.05, 3.63) is 0 Å². The van der Waals surface area contributed by atoms with Crippen molar-refractivity contribution < 1.29 is 19.1 Å². The third kappa shape index (κ3) is 7.56. The second kappa shape index (κ2) is 9.51. The van der Waals surface area contributed by atoms with Gasteiger partial charge in [-0.25, -0.2) is 4.79 Å². The first-order valence-corrected chi connectivity index (χ1v) is 7.32. The molecule has 0 saturated heterocycles. The summed E-state index contributed by atoms with van der Waals surface area (Å²) in [6.07, 6.45) is 0.350. The fraction of sp³-hybridized carbons (Fsp3) is 0.818. The zero-order valence-electron chi connectivity index (χ0n) is 10.3. The van der Waals surface area contributed by atoms with Crippen molar-refractivity contribution in [3.63, 3.8) is 0 Å². The zero-order valence-corrected chi connectivity index (χ0v) is 11.1. The summed E-state index contributed by atoms with van der Waals surface area (Å²) in [6.45, 7) is 6.19. The first-order chi connectivity index (χ1) is 7.63. The molecular weight excluding hydrogens is 228 g/mol. The molecule has 94 valence electrons. The van der Waals surface area contributed by atoms with Gasteiger partial charge in [0.15, 0.2) is 0 Å². The molecule has 0 rings (SSSR count). The maximum absolute atomic E-state index is 11.3. The number of esters is 2. The minimum absolute atomic E-state index is 0.133. The molecule has 0 aromatic carbocycles. The van der Waals surface area contributed by atoms with Crippen LogP contribution in [0.15, 0.2) is 0 Å². The summed E-state index contributed by atoms with van der Waals surface area (Å²) in [7, 11) is 0.133. The first-order valence-electron chi connectivity index (χ1n) is 5.59. The lowest BCUT2D eigenvalue weighted by atomic mass is 10.5. The summed E-state index contributed by atoms with van der Waals surface area (Å²) in [6, 6.07) is 0. The zero-order chi connectivity index (χ0) is 12.4. The van der Waals surface area contributed by atoms with Crippen molar-refractivity contribution >= 4 is 22.8 Å². The molecule has 0 saturated carbocycles. The molecule has 0 radical (unpaired) electrons. The van der Waals surface area contributed by atoms with E-state index in [4.69, 9.17) is 9.47 Å². The monoisotopic (exact) mass is 249 g/mol. The highest BCUT2D eigenvalue weighted by atomic mass is 32.2. The molecule has 0 heterocycles. The molecule has 0 N–H and O–H groups in total. The fourth-order valence-electron chi connectivity index (χ4n) is 1.03. The Hall–Kier alpha value is -0.710. The lowest BCUT2D eigenvalue weighted by Crippen LogP contribution is -2.23. The van der Waals surface area contributed by atoms with Crippen LogP contribution in [0.25, 0.3) is 0 Å². The van der Waals surface area contributed by atoms with Gasteiger partial charge in [-0.15, -0.1) is 0 Å². The SMILES string of the molecule is CCC(=O)OCCOC(=O)C[S+](CC)CC. The third-order valence-electron chi connectivity index (χ3n) is 2.04. The molecule has 0 aromatic rings. The van der Waals surface area contributed by atoms with Crippen molar-refractivity contribution in [1.82, 2.24) is 0 Å². The van der Waals surface area contributed by atoms with Crippen molar-refractivity contribution in [3.8, 4) is 0 Å².